The number of H-pyrrole nitrogens is 1. The first-order valence-electron chi connectivity index (χ1n) is 12.9. The second kappa shape index (κ2) is 12.5. The number of nitrogens with one attached hydrogen (secondary N) is 2. The molecule has 5 rings (SSSR count). The normalized spacial score (nSPS) is 25.2. The first-order valence-corrected chi connectivity index (χ1v) is 14.9. The van der Waals surface area contributed by atoms with Gasteiger partial charge in [0.2, 0.25) is 5.28 Å². The molecule has 1 unspecified atom stereocenters. The van der Waals surface area contributed by atoms with Crippen LogP contribution in [0.5, 0.6) is 0 Å². The maximum atomic E-state index is 12.4. The van der Waals surface area contributed by atoms with Crippen LogP contribution >= 0.6 is 19.2 Å². The molecule has 1 saturated heterocycles. The monoisotopic (exact) mass is 619 g/mol. The molecule has 0 bridgehead atoms. The molecule has 41 heavy (non-hydrogen) atoms. The third-order valence-electron chi connectivity index (χ3n) is 7.25. The van der Waals surface area contributed by atoms with Gasteiger partial charge in [0.25, 0.3) is 0 Å². The van der Waals surface area contributed by atoms with Crippen molar-refractivity contribution in [2.24, 2.45) is 0 Å². The van der Waals surface area contributed by atoms with Gasteiger partial charge in [0.1, 0.15) is 30.7 Å². The SMILES string of the molecule is O=P(O)(O)C(CO)(CCOCc1nn[nH]n1)OC[C@H]1O[C@@H](n2ncc3c(NC4CCCC4)nc(Cl)nc32)[C@H](O)[C@@H]1O. The van der Waals surface area contributed by atoms with Gasteiger partial charge in [-0.15, -0.1) is 10.2 Å². The highest BCUT2D eigenvalue weighted by atomic mass is 35.5. The number of fused-ring (bicyclic) bond motifs is 1. The molecule has 1 aliphatic carbocycles. The number of aromatic amines is 1. The molecule has 3 aromatic rings. The van der Waals surface area contributed by atoms with Crippen LogP contribution in [0.15, 0.2) is 6.20 Å². The lowest BCUT2D eigenvalue weighted by Gasteiger charge is -2.33. The summed E-state index contributed by atoms with van der Waals surface area (Å²) >= 11 is 6.18. The van der Waals surface area contributed by atoms with Gasteiger partial charge >= 0.3 is 7.60 Å². The fourth-order valence-corrected chi connectivity index (χ4v) is 5.90. The smallest absolute Gasteiger partial charge is 0.359 e. The van der Waals surface area contributed by atoms with E-state index in [-0.39, 0.29) is 36.0 Å². The molecule has 0 amide bonds. The number of aromatic nitrogens is 8. The van der Waals surface area contributed by atoms with E-state index in [0.29, 0.717) is 11.2 Å². The minimum Gasteiger partial charge on any atom is -0.393 e. The number of rotatable bonds is 13. The molecule has 2 fully saturated rings. The zero-order valence-corrected chi connectivity index (χ0v) is 23.3. The van der Waals surface area contributed by atoms with Crippen molar-refractivity contribution >= 4 is 36.0 Å². The maximum absolute atomic E-state index is 12.4. The molecule has 1 aliphatic heterocycles. The zero-order chi connectivity index (χ0) is 29.2. The van der Waals surface area contributed by atoms with Crippen LogP contribution in [0.4, 0.5) is 5.82 Å². The minimum atomic E-state index is -5.08. The van der Waals surface area contributed by atoms with Gasteiger partial charge in [-0.25, -0.2) is 4.68 Å². The van der Waals surface area contributed by atoms with Gasteiger partial charge in [-0.1, -0.05) is 18.1 Å². The zero-order valence-electron chi connectivity index (χ0n) is 21.7. The number of aliphatic hydroxyl groups is 3. The summed E-state index contributed by atoms with van der Waals surface area (Å²) in [5.41, 5.74) is 0.252. The van der Waals surface area contributed by atoms with E-state index in [1.165, 1.54) is 10.9 Å². The predicted octanol–water partition coefficient (Wildman–Crippen LogP) is -0.544. The van der Waals surface area contributed by atoms with Crippen LogP contribution in [-0.2, 0) is 25.4 Å². The summed E-state index contributed by atoms with van der Waals surface area (Å²) in [6.45, 7) is -1.99. The van der Waals surface area contributed by atoms with Crippen molar-refractivity contribution in [2.75, 3.05) is 25.1 Å². The molecule has 0 aromatic carbocycles. The lowest BCUT2D eigenvalue weighted by Crippen LogP contribution is -2.42. The van der Waals surface area contributed by atoms with Crippen LogP contribution < -0.4 is 5.32 Å². The summed E-state index contributed by atoms with van der Waals surface area (Å²) < 4.78 is 30.3. The van der Waals surface area contributed by atoms with Crippen molar-refractivity contribution in [3.8, 4) is 0 Å². The Kier molecular flexibility index (Phi) is 9.15. The Bertz CT molecular complexity index is 1360. The van der Waals surface area contributed by atoms with Gasteiger partial charge in [0, 0.05) is 12.5 Å². The molecule has 0 radical (unpaired) electrons. The average molecular weight is 620 g/mol. The van der Waals surface area contributed by atoms with Crippen molar-refractivity contribution < 1.29 is 43.9 Å². The van der Waals surface area contributed by atoms with Crippen molar-refractivity contribution in [3.63, 3.8) is 0 Å². The highest BCUT2D eigenvalue weighted by Crippen LogP contribution is 2.53. The van der Waals surface area contributed by atoms with Crippen molar-refractivity contribution in [2.45, 2.75) is 74.6 Å². The van der Waals surface area contributed by atoms with Gasteiger partial charge in [-0.2, -0.15) is 20.3 Å². The lowest BCUT2D eigenvalue weighted by atomic mass is 10.1. The Hall–Kier alpha value is -2.38. The summed E-state index contributed by atoms with van der Waals surface area (Å²) in [7, 11) is -5.08. The number of anilines is 1. The van der Waals surface area contributed by atoms with Gasteiger partial charge in [0.15, 0.2) is 23.0 Å². The largest absolute Gasteiger partial charge is 0.393 e. The molecule has 7 N–H and O–H groups in total. The van der Waals surface area contributed by atoms with E-state index in [2.05, 4.69) is 41.0 Å². The molecule has 18 nitrogen and oxygen atoms in total. The standard InChI is InChI=1S/C21H31ClN9O9P/c22-20-25-17(24-11-3-1-2-4-11)12-7-23-31(18(12)26-20)19-16(34)15(33)13(40-19)8-39-21(10-32,41(35,36)37)5-6-38-9-14-27-29-30-28-14/h7,11,13,15-16,19,32-34H,1-6,8-10H2,(H,24,25,26)(H2,35,36,37)(H,27,28,29,30)/t13-,15-,16-,19-,21?/m1/s1. The summed E-state index contributed by atoms with van der Waals surface area (Å²) in [5, 5.41) is 50.3. The quantitative estimate of drug-likeness (QED) is 0.0719. The number of hydrogen-bond donors (Lipinski definition) is 7. The molecule has 226 valence electrons. The number of aliphatic hydroxyl groups excluding tert-OH is 3. The molecule has 3 aromatic heterocycles. The number of nitrogens with zero attached hydrogens (tertiary/aromatic N) is 7. The number of tetrazole rings is 1. The van der Waals surface area contributed by atoms with E-state index in [9.17, 15) is 29.7 Å². The second-order valence-corrected chi connectivity index (χ2v) is 12.2. The first kappa shape index (κ1) is 30.1. The minimum absolute atomic E-state index is 0.0522. The van der Waals surface area contributed by atoms with Crippen molar-refractivity contribution in [1.29, 1.82) is 0 Å². The van der Waals surface area contributed by atoms with Crippen LogP contribution in [0.3, 0.4) is 0 Å². The second-order valence-electron chi connectivity index (χ2n) is 9.93. The topological polar surface area (TPSA) is 256 Å². The van der Waals surface area contributed by atoms with Gasteiger partial charge in [-0.05, 0) is 24.4 Å². The Morgan fingerprint density at radius 3 is 2.71 bits per heavy atom. The van der Waals surface area contributed by atoms with Crippen LogP contribution in [0.25, 0.3) is 11.0 Å². The first-order chi connectivity index (χ1) is 19.6. The average Bonchev–Trinajstić information content (AvgIpc) is 3.74. The fraction of sp³-hybridized carbons (Fsp3) is 0.714. The number of ether oxygens (including phenoxy) is 3. The molecule has 0 spiro atoms. The van der Waals surface area contributed by atoms with Crippen LogP contribution in [0, 0.1) is 0 Å². The van der Waals surface area contributed by atoms with Crippen LogP contribution in [0.2, 0.25) is 5.28 Å². The van der Waals surface area contributed by atoms with Crippen LogP contribution in [-0.4, -0.2) is 115 Å². The van der Waals surface area contributed by atoms with Gasteiger partial charge in [-0.3, -0.25) is 4.57 Å². The Labute approximate surface area is 237 Å². The van der Waals surface area contributed by atoms with E-state index in [1.807, 2.05) is 0 Å². The van der Waals surface area contributed by atoms with E-state index in [0.717, 1.165) is 25.7 Å². The lowest BCUT2D eigenvalue weighted by molar-refractivity contribution is -0.116. The highest BCUT2D eigenvalue weighted by Gasteiger charge is 2.51. The van der Waals surface area contributed by atoms with Gasteiger partial charge < -0.3 is 44.6 Å². The number of halogens is 1. The van der Waals surface area contributed by atoms with Crippen molar-refractivity contribution in [1.82, 2.24) is 40.4 Å². The van der Waals surface area contributed by atoms with E-state index >= 15 is 0 Å². The molecule has 5 atom stereocenters. The third-order valence-corrected chi connectivity index (χ3v) is 8.98. The van der Waals surface area contributed by atoms with Crippen molar-refractivity contribution in [3.05, 3.63) is 17.3 Å². The Morgan fingerprint density at radius 1 is 1.24 bits per heavy atom. The van der Waals surface area contributed by atoms with Gasteiger partial charge in [0.05, 0.1) is 31.4 Å². The summed E-state index contributed by atoms with van der Waals surface area (Å²) in [5.74, 6) is 0.709. The molecular weight excluding hydrogens is 589 g/mol. The fourth-order valence-electron chi connectivity index (χ4n) is 4.92. The third kappa shape index (κ3) is 6.36. The molecule has 2 aliphatic rings. The predicted molar refractivity (Wildman–Crippen MR) is 138 cm³/mol. The highest BCUT2D eigenvalue weighted by molar-refractivity contribution is 7.53. The molecule has 1 saturated carbocycles. The summed E-state index contributed by atoms with van der Waals surface area (Å²) in [6, 6.07) is 0.231. The number of hydrogen-bond acceptors (Lipinski definition) is 14. The maximum Gasteiger partial charge on any atom is 0.359 e. The Morgan fingerprint density at radius 2 is 2.02 bits per heavy atom. The van der Waals surface area contributed by atoms with Crippen LogP contribution in [0.1, 0.15) is 44.2 Å². The molecular formula is C21H31ClN9O9P. The van der Waals surface area contributed by atoms with E-state index in [1.54, 1.807) is 0 Å². The summed E-state index contributed by atoms with van der Waals surface area (Å²) in [4.78, 5) is 28.5. The summed E-state index contributed by atoms with van der Waals surface area (Å²) in [6.07, 6.45) is -0.262. The molecule has 20 heteroatoms. The van der Waals surface area contributed by atoms with E-state index < -0.39 is 57.1 Å². The Balaban J connectivity index is 1.28. The van der Waals surface area contributed by atoms with E-state index in [4.69, 9.17) is 25.8 Å². The molecule has 4 heterocycles.